The molecule has 4 heteroatoms. The second-order valence-electron chi connectivity index (χ2n) is 2.71. The molecule has 0 spiro atoms. The summed E-state index contributed by atoms with van der Waals surface area (Å²) in [4.78, 5) is 2.62. The van der Waals surface area contributed by atoms with Gasteiger partial charge in [-0.25, -0.2) is 4.37 Å². The van der Waals surface area contributed by atoms with Gasteiger partial charge in [-0.15, -0.1) is 11.3 Å². The highest BCUT2D eigenvalue weighted by Crippen LogP contribution is 2.27. The van der Waals surface area contributed by atoms with Crippen molar-refractivity contribution in [2.24, 2.45) is 0 Å². The van der Waals surface area contributed by atoms with Crippen LogP contribution in [0.25, 0.3) is 10.4 Å². The zero-order chi connectivity index (χ0) is 9.10. The maximum Gasteiger partial charge on any atom is 0.0558 e. The van der Waals surface area contributed by atoms with Crippen LogP contribution in [0.2, 0.25) is 0 Å². The van der Waals surface area contributed by atoms with Crippen molar-refractivity contribution < 1.29 is 0 Å². The van der Waals surface area contributed by atoms with E-state index in [1.807, 2.05) is 13.2 Å². The van der Waals surface area contributed by atoms with E-state index in [9.17, 15) is 0 Å². The molecule has 0 radical (unpaired) electrons. The maximum atomic E-state index is 4.08. The topological polar surface area (TPSA) is 24.9 Å². The molecule has 0 amide bonds. The summed E-state index contributed by atoms with van der Waals surface area (Å²) in [5.41, 5.74) is 1.29. The summed E-state index contributed by atoms with van der Waals surface area (Å²) in [6.45, 7) is 0.948. The van der Waals surface area contributed by atoms with Gasteiger partial charge in [-0.2, -0.15) is 0 Å². The molecule has 0 saturated heterocycles. The highest BCUT2D eigenvalue weighted by atomic mass is 32.1. The summed E-state index contributed by atoms with van der Waals surface area (Å²) in [5, 5.41) is 5.32. The smallest absolute Gasteiger partial charge is 0.0558 e. The molecule has 2 aromatic heterocycles. The number of hydrogen-bond acceptors (Lipinski definition) is 4. The number of nitrogens with one attached hydrogen (secondary N) is 1. The van der Waals surface area contributed by atoms with Crippen molar-refractivity contribution in [1.82, 2.24) is 9.69 Å². The Hall–Kier alpha value is -0.710. The Morgan fingerprint density at radius 3 is 3.15 bits per heavy atom. The van der Waals surface area contributed by atoms with Crippen LogP contribution < -0.4 is 5.32 Å². The standard InChI is InChI=1S/C9H10N2S2/c1-10-5-8-4-7(6-12-8)9-2-3-11-13-9/h2-4,6,10H,5H2,1H3. The molecule has 0 aromatic carbocycles. The van der Waals surface area contributed by atoms with Crippen LogP contribution >= 0.6 is 22.9 Å². The van der Waals surface area contributed by atoms with E-state index in [0.29, 0.717) is 0 Å². The van der Waals surface area contributed by atoms with Crippen LogP contribution in [0.5, 0.6) is 0 Å². The molecule has 2 aromatic rings. The molecule has 68 valence electrons. The van der Waals surface area contributed by atoms with Crippen molar-refractivity contribution in [3.8, 4) is 10.4 Å². The highest BCUT2D eigenvalue weighted by molar-refractivity contribution is 7.12. The van der Waals surface area contributed by atoms with Crippen LogP contribution in [0.3, 0.4) is 0 Å². The Morgan fingerprint density at radius 1 is 1.54 bits per heavy atom. The minimum Gasteiger partial charge on any atom is -0.315 e. The van der Waals surface area contributed by atoms with Crippen molar-refractivity contribution >= 4 is 22.9 Å². The van der Waals surface area contributed by atoms with Gasteiger partial charge in [0.05, 0.1) is 4.88 Å². The second kappa shape index (κ2) is 4.00. The fourth-order valence-corrected chi connectivity index (χ4v) is 2.69. The zero-order valence-corrected chi connectivity index (χ0v) is 8.91. The molecule has 0 aliphatic rings. The average Bonchev–Trinajstić information content (AvgIpc) is 2.70. The number of aromatic nitrogens is 1. The molecule has 0 aliphatic heterocycles. The molecule has 0 aliphatic carbocycles. The van der Waals surface area contributed by atoms with E-state index >= 15 is 0 Å². The molecule has 0 fully saturated rings. The molecule has 2 heterocycles. The predicted molar refractivity (Wildman–Crippen MR) is 58.2 cm³/mol. The first-order valence-corrected chi connectivity index (χ1v) is 5.68. The summed E-state index contributed by atoms with van der Waals surface area (Å²) in [6.07, 6.45) is 1.84. The van der Waals surface area contributed by atoms with Gasteiger partial charge in [-0.3, -0.25) is 0 Å². The van der Waals surface area contributed by atoms with Crippen molar-refractivity contribution in [3.63, 3.8) is 0 Å². The number of nitrogens with zero attached hydrogens (tertiary/aromatic N) is 1. The third-order valence-corrected chi connectivity index (χ3v) is 3.46. The van der Waals surface area contributed by atoms with Gasteiger partial charge < -0.3 is 5.32 Å². The molecule has 2 nitrogen and oxygen atoms in total. The first-order chi connectivity index (χ1) is 6.40. The lowest BCUT2D eigenvalue weighted by molar-refractivity contribution is 0.832. The normalized spacial score (nSPS) is 10.5. The summed E-state index contributed by atoms with van der Waals surface area (Å²) in [7, 11) is 1.96. The fourth-order valence-electron chi connectivity index (χ4n) is 1.14. The van der Waals surface area contributed by atoms with Crippen LogP contribution in [0.15, 0.2) is 23.7 Å². The lowest BCUT2D eigenvalue weighted by Gasteiger charge is -1.91. The third kappa shape index (κ3) is 1.96. The summed E-state index contributed by atoms with van der Waals surface area (Å²) in [6, 6.07) is 4.27. The van der Waals surface area contributed by atoms with Gasteiger partial charge in [0.15, 0.2) is 0 Å². The van der Waals surface area contributed by atoms with Crippen molar-refractivity contribution in [1.29, 1.82) is 0 Å². The van der Waals surface area contributed by atoms with Crippen molar-refractivity contribution in [2.45, 2.75) is 6.54 Å². The Labute approximate surface area is 85.4 Å². The largest absolute Gasteiger partial charge is 0.315 e. The van der Waals surface area contributed by atoms with Gasteiger partial charge in [0.2, 0.25) is 0 Å². The van der Waals surface area contributed by atoms with E-state index in [1.165, 1.54) is 15.3 Å². The Kier molecular flexibility index (Phi) is 2.73. The molecule has 0 atom stereocenters. The molecule has 2 rings (SSSR count). The van der Waals surface area contributed by atoms with Gasteiger partial charge in [-0.05, 0) is 36.1 Å². The quantitative estimate of drug-likeness (QED) is 0.842. The van der Waals surface area contributed by atoms with Crippen LogP contribution in [0.4, 0.5) is 0 Å². The van der Waals surface area contributed by atoms with Gasteiger partial charge in [-0.1, -0.05) is 0 Å². The Balaban J connectivity index is 2.23. The molecular formula is C9H10N2S2. The van der Waals surface area contributed by atoms with Gasteiger partial charge in [0, 0.05) is 23.2 Å². The van der Waals surface area contributed by atoms with Gasteiger partial charge in [0.1, 0.15) is 0 Å². The monoisotopic (exact) mass is 210 g/mol. The number of thiophene rings is 1. The van der Waals surface area contributed by atoms with E-state index in [4.69, 9.17) is 0 Å². The summed E-state index contributed by atoms with van der Waals surface area (Å²) < 4.78 is 4.08. The molecule has 0 unspecified atom stereocenters. The van der Waals surface area contributed by atoms with E-state index in [2.05, 4.69) is 27.2 Å². The number of hydrogen-bond donors (Lipinski definition) is 1. The molecule has 1 N–H and O–H groups in total. The van der Waals surface area contributed by atoms with Crippen molar-refractivity contribution in [2.75, 3.05) is 7.05 Å². The Morgan fingerprint density at radius 2 is 2.46 bits per heavy atom. The molecular weight excluding hydrogens is 200 g/mol. The van der Waals surface area contributed by atoms with Crippen LogP contribution in [0, 0.1) is 0 Å². The Bertz CT molecular complexity index is 365. The summed E-state index contributed by atoms with van der Waals surface area (Å²) in [5.74, 6) is 0. The van der Waals surface area contributed by atoms with Crippen LogP contribution in [0.1, 0.15) is 4.88 Å². The second-order valence-corrected chi connectivity index (χ2v) is 4.54. The SMILES string of the molecule is CNCc1cc(-c2ccns2)cs1. The number of rotatable bonds is 3. The highest BCUT2D eigenvalue weighted by Gasteiger charge is 2.02. The van der Waals surface area contributed by atoms with Crippen LogP contribution in [-0.2, 0) is 6.54 Å². The minimum atomic E-state index is 0.948. The molecule has 0 saturated carbocycles. The summed E-state index contributed by atoms with van der Waals surface area (Å²) >= 11 is 3.33. The minimum absolute atomic E-state index is 0.948. The van der Waals surface area contributed by atoms with E-state index in [0.717, 1.165) is 6.54 Å². The van der Waals surface area contributed by atoms with Crippen molar-refractivity contribution in [3.05, 3.63) is 28.6 Å². The lowest BCUT2D eigenvalue weighted by Crippen LogP contribution is -2.02. The first-order valence-electron chi connectivity index (χ1n) is 4.03. The maximum absolute atomic E-state index is 4.08. The van der Waals surface area contributed by atoms with Gasteiger partial charge >= 0.3 is 0 Å². The zero-order valence-electron chi connectivity index (χ0n) is 7.28. The predicted octanol–water partition coefficient (Wildman–Crippen LogP) is 2.59. The van der Waals surface area contributed by atoms with Crippen LogP contribution in [-0.4, -0.2) is 11.4 Å². The molecule has 13 heavy (non-hydrogen) atoms. The van der Waals surface area contributed by atoms with E-state index in [1.54, 1.807) is 22.9 Å². The first kappa shape index (κ1) is 8.87. The van der Waals surface area contributed by atoms with E-state index in [-0.39, 0.29) is 0 Å². The lowest BCUT2D eigenvalue weighted by atomic mass is 10.2. The average molecular weight is 210 g/mol. The fraction of sp³-hybridized carbons (Fsp3) is 0.222. The van der Waals surface area contributed by atoms with E-state index < -0.39 is 0 Å². The van der Waals surface area contributed by atoms with Gasteiger partial charge in [0.25, 0.3) is 0 Å². The molecule has 0 bridgehead atoms. The third-order valence-electron chi connectivity index (χ3n) is 1.73.